The molecule has 19 heavy (non-hydrogen) atoms. The van der Waals surface area contributed by atoms with E-state index >= 15 is 0 Å². The number of likely N-dealkylation sites (tertiary alicyclic amines) is 1. The molecule has 2 rings (SSSR count). The summed E-state index contributed by atoms with van der Waals surface area (Å²) in [6.07, 6.45) is 3.65. The van der Waals surface area contributed by atoms with Gasteiger partial charge in [0, 0.05) is 5.54 Å². The Balaban J connectivity index is 2.24. The molecule has 106 valence electrons. The monoisotopic (exact) mass is 260 g/mol. The molecule has 0 saturated carbocycles. The molecule has 0 atom stereocenters. The Bertz CT molecular complexity index is 420. The van der Waals surface area contributed by atoms with Crippen LogP contribution in [0.4, 0.5) is 0 Å². The molecule has 0 radical (unpaired) electrons. The Hall–Kier alpha value is -0.860. The van der Waals surface area contributed by atoms with Gasteiger partial charge < -0.3 is 10.2 Å². The van der Waals surface area contributed by atoms with Crippen molar-refractivity contribution in [1.29, 1.82) is 0 Å². The molecule has 2 nitrogen and oxygen atoms in total. The van der Waals surface area contributed by atoms with Crippen molar-refractivity contribution >= 4 is 0 Å². The van der Waals surface area contributed by atoms with E-state index in [0.717, 1.165) is 6.42 Å². The fourth-order valence-electron chi connectivity index (χ4n) is 3.39. The number of benzene rings is 1. The number of aryl methyl sites for hydroxylation is 3. The summed E-state index contributed by atoms with van der Waals surface area (Å²) in [4.78, 5) is 2.43. The van der Waals surface area contributed by atoms with Crippen molar-refractivity contribution in [2.75, 3.05) is 27.2 Å². The molecule has 1 fully saturated rings. The fraction of sp³-hybridized carbons (Fsp3) is 0.647. The molecule has 0 aromatic heterocycles. The molecule has 1 N–H and O–H groups in total. The first-order valence-electron chi connectivity index (χ1n) is 7.40. The van der Waals surface area contributed by atoms with E-state index < -0.39 is 0 Å². The summed E-state index contributed by atoms with van der Waals surface area (Å²) in [5.41, 5.74) is 6.11. The molecule has 0 unspecified atom stereocenters. The zero-order valence-corrected chi connectivity index (χ0v) is 13.1. The molecule has 0 bridgehead atoms. The number of hydrogen-bond donors (Lipinski definition) is 1. The fourth-order valence-corrected chi connectivity index (χ4v) is 3.39. The predicted molar refractivity (Wildman–Crippen MR) is 82.9 cm³/mol. The van der Waals surface area contributed by atoms with Crippen LogP contribution in [0.25, 0.3) is 0 Å². The largest absolute Gasteiger partial charge is 0.314 e. The Morgan fingerprint density at radius 3 is 2.11 bits per heavy atom. The summed E-state index contributed by atoms with van der Waals surface area (Å²) in [6.45, 7) is 9.10. The van der Waals surface area contributed by atoms with Crippen LogP contribution in [0, 0.1) is 20.8 Å². The minimum absolute atomic E-state index is 0.289. The molecule has 1 aromatic rings. The molecule has 1 aromatic carbocycles. The van der Waals surface area contributed by atoms with Gasteiger partial charge in [0.25, 0.3) is 0 Å². The average Bonchev–Trinajstić information content (AvgIpc) is 2.36. The first kappa shape index (κ1) is 14.5. The van der Waals surface area contributed by atoms with Crippen molar-refractivity contribution in [2.24, 2.45) is 0 Å². The van der Waals surface area contributed by atoms with Gasteiger partial charge in [0.2, 0.25) is 0 Å². The van der Waals surface area contributed by atoms with E-state index in [9.17, 15) is 0 Å². The molecule has 0 amide bonds. The van der Waals surface area contributed by atoms with E-state index in [1.54, 1.807) is 5.56 Å². The van der Waals surface area contributed by atoms with E-state index in [1.165, 1.54) is 42.6 Å². The van der Waals surface area contributed by atoms with Gasteiger partial charge in [-0.1, -0.05) is 17.7 Å². The zero-order valence-electron chi connectivity index (χ0n) is 13.1. The van der Waals surface area contributed by atoms with Gasteiger partial charge >= 0.3 is 0 Å². The van der Waals surface area contributed by atoms with Gasteiger partial charge in [-0.2, -0.15) is 0 Å². The maximum absolute atomic E-state index is 3.63. The van der Waals surface area contributed by atoms with Gasteiger partial charge in [-0.3, -0.25) is 0 Å². The molecule has 0 spiro atoms. The molecule has 1 aliphatic heterocycles. The second kappa shape index (κ2) is 5.64. The van der Waals surface area contributed by atoms with Crippen molar-refractivity contribution in [3.63, 3.8) is 0 Å². The van der Waals surface area contributed by atoms with E-state index in [2.05, 4.69) is 57.2 Å². The van der Waals surface area contributed by atoms with Crippen molar-refractivity contribution < 1.29 is 0 Å². The summed E-state index contributed by atoms with van der Waals surface area (Å²) in [6, 6.07) is 4.64. The molecule has 1 heterocycles. The average molecular weight is 260 g/mol. The number of likely N-dealkylation sites (N-methyl/N-ethyl adjacent to an activating group) is 1. The minimum Gasteiger partial charge on any atom is -0.314 e. The Morgan fingerprint density at radius 2 is 1.63 bits per heavy atom. The lowest BCUT2D eigenvalue weighted by molar-refractivity contribution is 0.163. The molecule has 1 aliphatic rings. The van der Waals surface area contributed by atoms with Gasteiger partial charge in [0.1, 0.15) is 0 Å². The van der Waals surface area contributed by atoms with Gasteiger partial charge in [0.05, 0.1) is 0 Å². The lowest BCUT2D eigenvalue weighted by atomic mass is 9.79. The summed E-state index contributed by atoms with van der Waals surface area (Å²) >= 11 is 0. The van der Waals surface area contributed by atoms with Crippen LogP contribution < -0.4 is 5.32 Å². The summed E-state index contributed by atoms with van der Waals surface area (Å²) in [7, 11) is 4.35. The molecule has 1 saturated heterocycles. The molecule has 0 aliphatic carbocycles. The van der Waals surface area contributed by atoms with E-state index in [4.69, 9.17) is 0 Å². The lowest BCUT2D eigenvalue weighted by Gasteiger charge is -2.41. The zero-order chi connectivity index (χ0) is 14.0. The topological polar surface area (TPSA) is 15.3 Å². The summed E-state index contributed by atoms with van der Waals surface area (Å²) in [5, 5.41) is 3.63. The smallest absolute Gasteiger partial charge is 0.0243 e. The normalized spacial score (nSPS) is 19.6. The van der Waals surface area contributed by atoms with Crippen LogP contribution in [-0.2, 0) is 6.42 Å². The third kappa shape index (κ3) is 3.18. The molecular weight excluding hydrogens is 232 g/mol. The van der Waals surface area contributed by atoms with E-state index in [-0.39, 0.29) is 5.54 Å². The van der Waals surface area contributed by atoms with Gasteiger partial charge in [-0.05, 0) is 83.9 Å². The standard InChI is InChI=1S/C17H28N2/c1-13-10-14(2)16(15(3)11-13)12-17(18-4)6-8-19(5)9-7-17/h10-11,18H,6-9,12H2,1-5H3. The number of piperidine rings is 1. The summed E-state index contributed by atoms with van der Waals surface area (Å²) < 4.78 is 0. The predicted octanol–water partition coefficient (Wildman–Crippen LogP) is 2.84. The van der Waals surface area contributed by atoms with E-state index in [1.807, 2.05) is 0 Å². The lowest BCUT2D eigenvalue weighted by Crippen LogP contribution is -2.52. The summed E-state index contributed by atoms with van der Waals surface area (Å²) in [5.74, 6) is 0. The quantitative estimate of drug-likeness (QED) is 0.899. The first-order chi connectivity index (χ1) is 8.96. The third-order valence-electron chi connectivity index (χ3n) is 4.83. The van der Waals surface area contributed by atoms with Crippen molar-refractivity contribution in [2.45, 2.75) is 45.6 Å². The Morgan fingerprint density at radius 1 is 1.11 bits per heavy atom. The number of hydrogen-bond acceptors (Lipinski definition) is 2. The molecule has 2 heteroatoms. The third-order valence-corrected chi connectivity index (χ3v) is 4.83. The van der Waals surface area contributed by atoms with Crippen LogP contribution in [0.1, 0.15) is 35.1 Å². The van der Waals surface area contributed by atoms with Crippen molar-refractivity contribution in [3.8, 4) is 0 Å². The highest BCUT2D eigenvalue weighted by molar-refractivity contribution is 5.38. The van der Waals surface area contributed by atoms with Crippen molar-refractivity contribution in [1.82, 2.24) is 10.2 Å². The van der Waals surface area contributed by atoms with Crippen LogP contribution in [-0.4, -0.2) is 37.6 Å². The SMILES string of the molecule is CNC1(Cc2c(C)cc(C)cc2C)CCN(C)CC1. The second-order valence-electron chi connectivity index (χ2n) is 6.39. The van der Waals surface area contributed by atoms with Crippen LogP contribution in [0.5, 0.6) is 0 Å². The Kier molecular flexibility index (Phi) is 4.32. The van der Waals surface area contributed by atoms with E-state index in [0.29, 0.717) is 0 Å². The minimum atomic E-state index is 0.289. The number of nitrogens with zero attached hydrogens (tertiary/aromatic N) is 1. The first-order valence-corrected chi connectivity index (χ1v) is 7.40. The van der Waals surface area contributed by atoms with Crippen LogP contribution in [0.15, 0.2) is 12.1 Å². The Labute approximate surface area is 118 Å². The van der Waals surface area contributed by atoms with Gasteiger partial charge in [-0.25, -0.2) is 0 Å². The van der Waals surface area contributed by atoms with Gasteiger partial charge in [0.15, 0.2) is 0 Å². The highest BCUT2D eigenvalue weighted by Gasteiger charge is 2.32. The molecular formula is C17H28N2. The maximum Gasteiger partial charge on any atom is 0.0243 e. The number of rotatable bonds is 3. The highest BCUT2D eigenvalue weighted by Crippen LogP contribution is 2.29. The maximum atomic E-state index is 3.63. The van der Waals surface area contributed by atoms with Crippen LogP contribution >= 0.6 is 0 Å². The number of nitrogens with one attached hydrogen (secondary N) is 1. The van der Waals surface area contributed by atoms with Crippen LogP contribution in [0.3, 0.4) is 0 Å². The van der Waals surface area contributed by atoms with Gasteiger partial charge in [-0.15, -0.1) is 0 Å². The van der Waals surface area contributed by atoms with Crippen molar-refractivity contribution in [3.05, 3.63) is 34.4 Å². The van der Waals surface area contributed by atoms with Crippen LogP contribution in [0.2, 0.25) is 0 Å². The highest BCUT2D eigenvalue weighted by atomic mass is 15.1. The second-order valence-corrected chi connectivity index (χ2v) is 6.39.